The molecule has 0 spiro atoms. The molecule has 18 heavy (non-hydrogen) atoms. The van der Waals surface area contributed by atoms with Gasteiger partial charge >= 0.3 is 0 Å². The molecule has 2 atom stereocenters. The number of aromatic nitrogens is 2. The van der Waals surface area contributed by atoms with Gasteiger partial charge in [0, 0.05) is 31.4 Å². The van der Waals surface area contributed by atoms with Crippen molar-refractivity contribution in [3.63, 3.8) is 0 Å². The van der Waals surface area contributed by atoms with Crippen LogP contribution >= 0.6 is 0 Å². The maximum absolute atomic E-state index is 4.54. The van der Waals surface area contributed by atoms with Crippen LogP contribution in [-0.2, 0) is 13.0 Å². The van der Waals surface area contributed by atoms with E-state index < -0.39 is 0 Å². The summed E-state index contributed by atoms with van der Waals surface area (Å²) >= 11 is 0. The molecule has 102 valence electrons. The van der Waals surface area contributed by atoms with Crippen molar-refractivity contribution in [2.24, 2.45) is 5.92 Å². The lowest BCUT2D eigenvalue weighted by molar-refractivity contribution is 0.282. The average Bonchev–Trinajstić information content (AvgIpc) is 2.78. The number of imidazole rings is 1. The Bertz CT molecular complexity index is 343. The summed E-state index contributed by atoms with van der Waals surface area (Å²) in [4.78, 5) is 4.54. The topological polar surface area (TPSA) is 29.9 Å². The van der Waals surface area contributed by atoms with Gasteiger partial charge in [-0.05, 0) is 38.1 Å². The van der Waals surface area contributed by atoms with E-state index in [1.165, 1.54) is 37.9 Å². The van der Waals surface area contributed by atoms with Gasteiger partial charge in [0.2, 0.25) is 0 Å². The smallest absolute Gasteiger partial charge is 0.108 e. The number of rotatable bonds is 6. The second-order valence-electron chi connectivity index (χ2n) is 5.53. The van der Waals surface area contributed by atoms with Crippen molar-refractivity contribution < 1.29 is 0 Å². The van der Waals surface area contributed by atoms with Crippen LogP contribution in [0.1, 0.15) is 51.8 Å². The van der Waals surface area contributed by atoms with Crippen molar-refractivity contribution in [1.29, 1.82) is 0 Å². The largest absolute Gasteiger partial charge is 0.335 e. The van der Waals surface area contributed by atoms with E-state index in [9.17, 15) is 0 Å². The summed E-state index contributed by atoms with van der Waals surface area (Å²) in [6, 6.07) is 0.739. The second kappa shape index (κ2) is 6.93. The van der Waals surface area contributed by atoms with E-state index in [1.807, 2.05) is 6.20 Å². The van der Waals surface area contributed by atoms with Gasteiger partial charge in [-0.15, -0.1) is 0 Å². The van der Waals surface area contributed by atoms with Gasteiger partial charge in [0.05, 0.1) is 0 Å². The summed E-state index contributed by atoms with van der Waals surface area (Å²) in [5.74, 6) is 2.11. The molecule has 3 heteroatoms. The molecule has 2 unspecified atom stereocenters. The molecule has 1 aliphatic carbocycles. The van der Waals surface area contributed by atoms with Gasteiger partial charge in [-0.3, -0.25) is 0 Å². The van der Waals surface area contributed by atoms with Crippen LogP contribution < -0.4 is 5.32 Å². The highest BCUT2D eigenvalue weighted by atomic mass is 15.1. The van der Waals surface area contributed by atoms with E-state index in [0.717, 1.165) is 31.5 Å². The number of nitrogens with one attached hydrogen (secondary N) is 1. The molecule has 1 fully saturated rings. The maximum atomic E-state index is 4.54. The van der Waals surface area contributed by atoms with Gasteiger partial charge in [-0.25, -0.2) is 4.98 Å². The predicted molar refractivity (Wildman–Crippen MR) is 75.6 cm³/mol. The minimum absolute atomic E-state index is 0.739. The van der Waals surface area contributed by atoms with Gasteiger partial charge in [-0.2, -0.15) is 0 Å². The Balaban J connectivity index is 1.89. The molecule has 0 radical (unpaired) electrons. The van der Waals surface area contributed by atoms with Crippen molar-refractivity contribution >= 4 is 0 Å². The van der Waals surface area contributed by atoms with Crippen LogP contribution in [0.4, 0.5) is 0 Å². The molecule has 0 aliphatic heterocycles. The van der Waals surface area contributed by atoms with Crippen molar-refractivity contribution in [3.05, 3.63) is 18.2 Å². The molecular weight excluding hydrogens is 222 g/mol. The van der Waals surface area contributed by atoms with Crippen LogP contribution in [-0.4, -0.2) is 22.1 Å². The van der Waals surface area contributed by atoms with E-state index in [4.69, 9.17) is 0 Å². The third-order valence-electron chi connectivity index (χ3n) is 4.01. The van der Waals surface area contributed by atoms with Crippen LogP contribution in [0.2, 0.25) is 0 Å². The summed E-state index contributed by atoms with van der Waals surface area (Å²) in [6.45, 7) is 6.64. The summed E-state index contributed by atoms with van der Waals surface area (Å²) in [5.41, 5.74) is 0. The predicted octanol–water partition coefficient (Wildman–Crippen LogP) is 3.00. The Kier molecular flexibility index (Phi) is 5.24. The van der Waals surface area contributed by atoms with Crippen molar-refractivity contribution in [2.45, 2.75) is 65.0 Å². The minimum Gasteiger partial charge on any atom is -0.335 e. The molecule has 3 nitrogen and oxygen atoms in total. The molecule has 0 bridgehead atoms. The Morgan fingerprint density at radius 2 is 2.28 bits per heavy atom. The fourth-order valence-electron chi connectivity index (χ4n) is 3.18. The quantitative estimate of drug-likeness (QED) is 0.840. The number of hydrogen-bond donors (Lipinski definition) is 1. The molecule has 1 aromatic rings. The number of hydrogen-bond acceptors (Lipinski definition) is 2. The van der Waals surface area contributed by atoms with Crippen LogP contribution in [0.3, 0.4) is 0 Å². The zero-order valence-electron chi connectivity index (χ0n) is 11.9. The first-order valence-electron chi connectivity index (χ1n) is 7.56. The third-order valence-corrected chi connectivity index (χ3v) is 4.01. The lowest BCUT2D eigenvalue weighted by atomic mass is 9.83. The first-order chi connectivity index (χ1) is 8.83. The van der Waals surface area contributed by atoms with Crippen LogP contribution in [0.15, 0.2) is 12.4 Å². The van der Waals surface area contributed by atoms with E-state index in [-0.39, 0.29) is 0 Å². The van der Waals surface area contributed by atoms with E-state index in [0.29, 0.717) is 0 Å². The molecule has 1 N–H and O–H groups in total. The standard InChI is InChI=1S/C15H27N3/c1-3-9-18-10-8-17-15(18)12-13-6-5-7-14(11-13)16-4-2/h8,10,13-14,16H,3-7,9,11-12H2,1-2H3. The van der Waals surface area contributed by atoms with Gasteiger partial charge in [0.1, 0.15) is 5.82 Å². The zero-order valence-corrected chi connectivity index (χ0v) is 11.9. The lowest BCUT2D eigenvalue weighted by Crippen LogP contribution is -2.34. The zero-order chi connectivity index (χ0) is 12.8. The normalized spacial score (nSPS) is 24.3. The summed E-state index contributed by atoms with van der Waals surface area (Å²) in [7, 11) is 0. The molecule has 0 saturated heterocycles. The highest BCUT2D eigenvalue weighted by Gasteiger charge is 2.22. The highest BCUT2D eigenvalue weighted by molar-refractivity contribution is 4.95. The monoisotopic (exact) mass is 249 g/mol. The number of aryl methyl sites for hydroxylation is 1. The summed E-state index contributed by atoms with van der Waals surface area (Å²) in [6.07, 6.45) is 11.9. The van der Waals surface area contributed by atoms with Crippen LogP contribution in [0, 0.1) is 5.92 Å². The Morgan fingerprint density at radius 1 is 1.39 bits per heavy atom. The summed E-state index contributed by atoms with van der Waals surface area (Å²) < 4.78 is 2.33. The van der Waals surface area contributed by atoms with E-state index in [1.54, 1.807) is 0 Å². The third kappa shape index (κ3) is 3.58. The second-order valence-corrected chi connectivity index (χ2v) is 5.53. The molecule has 1 aliphatic rings. The minimum atomic E-state index is 0.739. The van der Waals surface area contributed by atoms with Gasteiger partial charge in [-0.1, -0.05) is 20.3 Å². The molecular formula is C15H27N3. The van der Waals surface area contributed by atoms with Crippen molar-refractivity contribution in [1.82, 2.24) is 14.9 Å². The van der Waals surface area contributed by atoms with Crippen LogP contribution in [0.5, 0.6) is 0 Å². The fourth-order valence-corrected chi connectivity index (χ4v) is 3.18. The Morgan fingerprint density at radius 3 is 3.06 bits per heavy atom. The fraction of sp³-hybridized carbons (Fsp3) is 0.800. The first kappa shape index (κ1) is 13.6. The van der Waals surface area contributed by atoms with Gasteiger partial charge in [0.25, 0.3) is 0 Å². The molecule has 0 amide bonds. The van der Waals surface area contributed by atoms with Gasteiger partial charge in [0.15, 0.2) is 0 Å². The first-order valence-corrected chi connectivity index (χ1v) is 7.56. The van der Waals surface area contributed by atoms with Crippen molar-refractivity contribution in [3.8, 4) is 0 Å². The Hall–Kier alpha value is -0.830. The molecule has 0 aromatic carbocycles. The molecule has 1 saturated carbocycles. The average molecular weight is 249 g/mol. The lowest BCUT2D eigenvalue weighted by Gasteiger charge is -2.29. The van der Waals surface area contributed by atoms with Gasteiger partial charge < -0.3 is 9.88 Å². The molecule has 1 heterocycles. The highest BCUT2D eigenvalue weighted by Crippen LogP contribution is 2.27. The maximum Gasteiger partial charge on any atom is 0.108 e. The molecule has 1 aromatic heterocycles. The Labute approximate surface area is 111 Å². The van der Waals surface area contributed by atoms with Crippen molar-refractivity contribution in [2.75, 3.05) is 6.54 Å². The summed E-state index contributed by atoms with van der Waals surface area (Å²) in [5, 5.41) is 3.61. The number of nitrogens with zero attached hydrogens (tertiary/aromatic N) is 2. The van der Waals surface area contributed by atoms with E-state index >= 15 is 0 Å². The molecule has 2 rings (SSSR count). The van der Waals surface area contributed by atoms with Crippen LogP contribution in [0.25, 0.3) is 0 Å². The SMILES string of the molecule is CCCn1ccnc1CC1CCCC(NCC)C1. The van der Waals surface area contributed by atoms with E-state index in [2.05, 4.69) is 34.9 Å².